The Balaban J connectivity index is 2.04. The van der Waals surface area contributed by atoms with Crippen molar-refractivity contribution in [1.29, 1.82) is 0 Å². The van der Waals surface area contributed by atoms with Gasteiger partial charge >= 0.3 is 0 Å². The number of ether oxygens (including phenoxy) is 1. The molecule has 0 N–H and O–H groups in total. The molecule has 1 aromatic rings. The molecule has 18 heavy (non-hydrogen) atoms. The van der Waals surface area contributed by atoms with Crippen molar-refractivity contribution in [3.63, 3.8) is 0 Å². The normalized spacial score (nSPS) is 16.7. The van der Waals surface area contributed by atoms with Crippen LogP contribution in [0.4, 0.5) is 0 Å². The zero-order chi connectivity index (χ0) is 13.1. The van der Waals surface area contributed by atoms with Gasteiger partial charge in [-0.25, -0.2) is 0 Å². The van der Waals surface area contributed by atoms with Crippen molar-refractivity contribution < 1.29 is 9.53 Å². The third-order valence-corrected chi connectivity index (χ3v) is 3.62. The maximum absolute atomic E-state index is 12.1. The van der Waals surface area contributed by atoms with Gasteiger partial charge in [0.15, 0.2) is 6.10 Å². The zero-order valence-electron chi connectivity index (χ0n) is 11.4. The van der Waals surface area contributed by atoms with Crippen LogP contribution in [0.5, 0.6) is 5.75 Å². The van der Waals surface area contributed by atoms with Gasteiger partial charge in [0.25, 0.3) is 5.91 Å². The van der Waals surface area contributed by atoms with Crippen LogP contribution in [-0.2, 0) is 4.79 Å². The van der Waals surface area contributed by atoms with E-state index in [4.69, 9.17) is 4.74 Å². The number of amides is 1. The molecule has 0 aromatic heterocycles. The van der Waals surface area contributed by atoms with Crippen molar-refractivity contribution in [3.8, 4) is 5.75 Å². The summed E-state index contributed by atoms with van der Waals surface area (Å²) >= 11 is 0. The van der Waals surface area contributed by atoms with Gasteiger partial charge in [-0.1, -0.05) is 12.1 Å². The summed E-state index contributed by atoms with van der Waals surface area (Å²) in [5.74, 6) is 0.920. The van der Waals surface area contributed by atoms with E-state index in [-0.39, 0.29) is 5.91 Å². The molecule has 1 atom stereocenters. The van der Waals surface area contributed by atoms with E-state index in [0.717, 1.165) is 37.2 Å². The molecule has 1 saturated heterocycles. The fraction of sp³-hybridized carbons (Fsp3) is 0.533. The average Bonchev–Trinajstić information content (AvgIpc) is 2.87. The summed E-state index contributed by atoms with van der Waals surface area (Å²) in [6.07, 6.45) is 1.83. The second-order valence-corrected chi connectivity index (χ2v) is 4.99. The molecular weight excluding hydrogens is 226 g/mol. The molecule has 3 nitrogen and oxygen atoms in total. The Bertz CT molecular complexity index is 436. The number of benzene rings is 1. The van der Waals surface area contributed by atoms with Crippen LogP contribution in [0.15, 0.2) is 18.2 Å². The highest BCUT2D eigenvalue weighted by atomic mass is 16.5. The minimum absolute atomic E-state index is 0.105. The molecule has 3 heteroatoms. The van der Waals surface area contributed by atoms with Crippen molar-refractivity contribution in [1.82, 2.24) is 4.90 Å². The molecule has 1 heterocycles. The van der Waals surface area contributed by atoms with Crippen LogP contribution in [0.25, 0.3) is 0 Å². The Labute approximate surface area is 109 Å². The van der Waals surface area contributed by atoms with Crippen LogP contribution >= 0.6 is 0 Å². The molecule has 1 aliphatic rings. The van der Waals surface area contributed by atoms with Crippen molar-refractivity contribution in [3.05, 3.63) is 29.3 Å². The Kier molecular flexibility index (Phi) is 3.90. The predicted octanol–water partition coefficient (Wildman–Crippen LogP) is 2.69. The molecule has 98 valence electrons. The van der Waals surface area contributed by atoms with E-state index in [9.17, 15) is 4.79 Å². The lowest BCUT2D eigenvalue weighted by Gasteiger charge is -2.22. The summed E-state index contributed by atoms with van der Waals surface area (Å²) in [6.45, 7) is 7.66. The highest BCUT2D eigenvalue weighted by Crippen LogP contribution is 2.22. The summed E-state index contributed by atoms with van der Waals surface area (Å²) in [5, 5.41) is 0. The first kappa shape index (κ1) is 12.9. The number of hydrogen-bond acceptors (Lipinski definition) is 2. The van der Waals surface area contributed by atoms with Crippen LogP contribution < -0.4 is 4.74 Å². The molecular formula is C15H21NO2. The van der Waals surface area contributed by atoms with Crippen molar-refractivity contribution >= 4 is 5.91 Å². The van der Waals surface area contributed by atoms with Gasteiger partial charge < -0.3 is 9.64 Å². The molecule has 1 unspecified atom stereocenters. The van der Waals surface area contributed by atoms with Crippen molar-refractivity contribution in [2.75, 3.05) is 13.1 Å². The molecule has 1 amide bonds. The lowest BCUT2D eigenvalue weighted by atomic mass is 10.1. The number of hydrogen-bond donors (Lipinski definition) is 0. The lowest BCUT2D eigenvalue weighted by molar-refractivity contribution is -0.136. The molecule has 2 rings (SSSR count). The monoisotopic (exact) mass is 247 g/mol. The third-order valence-electron chi connectivity index (χ3n) is 3.62. The highest BCUT2D eigenvalue weighted by Gasteiger charge is 2.24. The SMILES string of the molecule is Cc1cccc(OC(C)C(=O)N2CCCC2)c1C. The number of aryl methyl sites for hydroxylation is 1. The zero-order valence-corrected chi connectivity index (χ0v) is 11.4. The fourth-order valence-corrected chi connectivity index (χ4v) is 2.29. The molecule has 1 aromatic carbocycles. The van der Waals surface area contributed by atoms with Gasteiger partial charge in [-0.15, -0.1) is 0 Å². The van der Waals surface area contributed by atoms with Gasteiger partial charge in [-0.3, -0.25) is 4.79 Å². The quantitative estimate of drug-likeness (QED) is 0.822. The smallest absolute Gasteiger partial charge is 0.263 e. The average molecular weight is 247 g/mol. The minimum atomic E-state index is -0.399. The Hall–Kier alpha value is -1.51. The first-order chi connectivity index (χ1) is 8.59. The van der Waals surface area contributed by atoms with E-state index in [1.54, 1.807) is 0 Å². The first-order valence-electron chi connectivity index (χ1n) is 6.61. The number of carbonyl (C=O) groups is 1. The number of carbonyl (C=O) groups excluding carboxylic acids is 1. The fourth-order valence-electron chi connectivity index (χ4n) is 2.29. The molecule has 1 fully saturated rings. The van der Waals surface area contributed by atoms with Gasteiger partial charge in [0.2, 0.25) is 0 Å². The maximum atomic E-state index is 12.1. The Morgan fingerprint density at radius 3 is 2.61 bits per heavy atom. The van der Waals surface area contributed by atoms with Gasteiger partial charge in [0.05, 0.1) is 0 Å². The van der Waals surface area contributed by atoms with E-state index >= 15 is 0 Å². The third kappa shape index (κ3) is 2.66. The van der Waals surface area contributed by atoms with Crippen LogP contribution in [0.2, 0.25) is 0 Å². The van der Waals surface area contributed by atoms with Crippen LogP contribution in [0, 0.1) is 13.8 Å². The summed E-state index contributed by atoms with van der Waals surface area (Å²) in [5.41, 5.74) is 2.30. The molecule has 0 bridgehead atoms. The van der Waals surface area contributed by atoms with Gasteiger partial charge in [-0.2, -0.15) is 0 Å². The van der Waals surface area contributed by atoms with Crippen molar-refractivity contribution in [2.24, 2.45) is 0 Å². The predicted molar refractivity (Wildman–Crippen MR) is 71.8 cm³/mol. The number of nitrogens with zero attached hydrogens (tertiary/aromatic N) is 1. The highest BCUT2D eigenvalue weighted by molar-refractivity contribution is 5.81. The van der Waals surface area contributed by atoms with E-state index in [1.165, 1.54) is 5.56 Å². The molecule has 0 aliphatic carbocycles. The van der Waals surface area contributed by atoms with Crippen LogP contribution in [0.1, 0.15) is 30.9 Å². The van der Waals surface area contributed by atoms with Crippen molar-refractivity contribution in [2.45, 2.75) is 39.7 Å². The summed E-state index contributed by atoms with van der Waals surface area (Å²) in [7, 11) is 0. The molecule has 0 spiro atoms. The summed E-state index contributed by atoms with van der Waals surface area (Å²) in [4.78, 5) is 14.0. The maximum Gasteiger partial charge on any atom is 0.263 e. The van der Waals surface area contributed by atoms with E-state index in [0.29, 0.717) is 0 Å². The summed E-state index contributed by atoms with van der Waals surface area (Å²) in [6, 6.07) is 5.94. The Morgan fingerprint density at radius 2 is 1.94 bits per heavy atom. The molecule has 1 aliphatic heterocycles. The summed E-state index contributed by atoms with van der Waals surface area (Å²) < 4.78 is 5.81. The van der Waals surface area contributed by atoms with Gasteiger partial charge in [-0.05, 0) is 50.8 Å². The first-order valence-corrected chi connectivity index (χ1v) is 6.61. The standard InChI is InChI=1S/C15H21NO2/c1-11-7-6-8-14(12(11)2)18-13(3)15(17)16-9-4-5-10-16/h6-8,13H,4-5,9-10H2,1-3H3. The van der Waals surface area contributed by atoms with E-state index in [2.05, 4.69) is 13.0 Å². The number of likely N-dealkylation sites (tertiary alicyclic amines) is 1. The topological polar surface area (TPSA) is 29.5 Å². The molecule has 0 saturated carbocycles. The lowest BCUT2D eigenvalue weighted by Crippen LogP contribution is -2.38. The van der Waals surface area contributed by atoms with E-state index in [1.807, 2.05) is 30.9 Å². The van der Waals surface area contributed by atoms with Gasteiger partial charge in [0, 0.05) is 13.1 Å². The van der Waals surface area contributed by atoms with E-state index < -0.39 is 6.10 Å². The largest absolute Gasteiger partial charge is 0.481 e. The van der Waals surface area contributed by atoms with Gasteiger partial charge in [0.1, 0.15) is 5.75 Å². The number of rotatable bonds is 3. The minimum Gasteiger partial charge on any atom is -0.481 e. The second kappa shape index (κ2) is 5.42. The Morgan fingerprint density at radius 1 is 1.28 bits per heavy atom. The van der Waals surface area contributed by atoms with Crippen LogP contribution in [0.3, 0.4) is 0 Å². The second-order valence-electron chi connectivity index (χ2n) is 4.99. The van der Waals surface area contributed by atoms with Crippen LogP contribution in [-0.4, -0.2) is 30.0 Å². The molecule has 0 radical (unpaired) electrons.